The van der Waals surface area contributed by atoms with E-state index in [0.29, 0.717) is 30.3 Å². The number of amides is 1. The van der Waals surface area contributed by atoms with E-state index in [9.17, 15) is 4.79 Å². The zero-order valence-corrected chi connectivity index (χ0v) is 14.0. The Kier molecular flexibility index (Phi) is 6.33. The third-order valence-corrected chi connectivity index (χ3v) is 4.81. The smallest absolute Gasteiger partial charge is 0.220 e. The summed E-state index contributed by atoms with van der Waals surface area (Å²) in [7, 11) is 0. The molecule has 0 heterocycles. The van der Waals surface area contributed by atoms with E-state index < -0.39 is 0 Å². The average molecular weight is 303 g/mol. The Morgan fingerprint density at radius 2 is 1.75 bits per heavy atom. The fourth-order valence-electron chi connectivity index (χ4n) is 3.77. The van der Waals surface area contributed by atoms with Gasteiger partial charge in [0, 0.05) is 18.5 Å². The van der Waals surface area contributed by atoms with Gasteiger partial charge in [-0.3, -0.25) is 4.79 Å². The van der Waals surface area contributed by atoms with Gasteiger partial charge in [-0.25, -0.2) is 0 Å². The normalized spacial score (nSPS) is 33.2. The Bertz CT molecular complexity index is 313. The molecule has 0 aliphatic heterocycles. The van der Waals surface area contributed by atoms with Crippen molar-refractivity contribution in [2.75, 3.05) is 0 Å². The Hall–Kier alpha value is -0.280. The summed E-state index contributed by atoms with van der Waals surface area (Å²) in [4.78, 5) is 12.1. The molecule has 0 saturated heterocycles. The van der Waals surface area contributed by atoms with E-state index in [-0.39, 0.29) is 23.7 Å². The minimum Gasteiger partial charge on any atom is -0.353 e. The van der Waals surface area contributed by atoms with E-state index in [4.69, 9.17) is 5.73 Å². The van der Waals surface area contributed by atoms with Crippen LogP contribution in [-0.4, -0.2) is 18.0 Å². The molecule has 2 unspecified atom stereocenters. The second-order valence-corrected chi connectivity index (χ2v) is 7.84. The SMILES string of the molecule is CC(C)(C)CCC(=O)NC1C2CCCC1CC(N)C2.Cl. The number of fused-ring (bicyclic) bond motifs is 2. The Morgan fingerprint density at radius 3 is 2.25 bits per heavy atom. The van der Waals surface area contributed by atoms with Gasteiger partial charge in [-0.15, -0.1) is 12.4 Å². The molecular weight excluding hydrogens is 272 g/mol. The van der Waals surface area contributed by atoms with Crippen LogP contribution in [0, 0.1) is 17.3 Å². The quantitative estimate of drug-likeness (QED) is 0.841. The topological polar surface area (TPSA) is 55.1 Å². The van der Waals surface area contributed by atoms with Crippen molar-refractivity contribution in [1.82, 2.24) is 5.32 Å². The molecule has 2 aliphatic rings. The van der Waals surface area contributed by atoms with Crippen molar-refractivity contribution in [3.63, 3.8) is 0 Å². The van der Waals surface area contributed by atoms with Crippen LogP contribution >= 0.6 is 12.4 Å². The van der Waals surface area contributed by atoms with Gasteiger partial charge < -0.3 is 11.1 Å². The summed E-state index contributed by atoms with van der Waals surface area (Å²) in [5, 5.41) is 3.32. The summed E-state index contributed by atoms with van der Waals surface area (Å²) in [6, 6.07) is 0.763. The van der Waals surface area contributed by atoms with Crippen LogP contribution in [0.15, 0.2) is 0 Å². The van der Waals surface area contributed by atoms with Crippen LogP contribution in [0.1, 0.15) is 65.7 Å². The monoisotopic (exact) mass is 302 g/mol. The van der Waals surface area contributed by atoms with E-state index in [0.717, 1.165) is 19.3 Å². The average Bonchev–Trinajstić information content (AvgIpc) is 2.27. The van der Waals surface area contributed by atoms with Crippen LogP contribution in [0.4, 0.5) is 0 Å². The highest BCUT2D eigenvalue weighted by Gasteiger charge is 2.39. The summed E-state index contributed by atoms with van der Waals surface area (Å²) in [5.74, 6) is 1.49. The summed E-state index contributed by atoms with van der Waals surface area (Å²) in [6.45, 7) is 6.57. The molecule has 118 valence electrons. The number of nitrogens with one attached hydrogen (secondary N) is 1. The van der Waals surface area contributed by atoms with Crippen molar-refractivity contribution in [1.29, 1.82) is 0 Å². The predicted octanol–water partition coefficient (Wildman–Crippen LogP) is 3.26. The van der Waals surface area contributed by atoms with Gasteiger partial charge in [0.05, 0.1) is 0 Å². The molecule has 2 fully saturated rings. The maximum atomic E-state index is 12.1. The van der Waals surface area contributed by atoms with E-state index in [1.165, 1.54) is 19.3 Å². The number of nitrogens with two attached hydrogens (primary N) is 1. The van der Waals surface area contributed by atoms with Gasteiger partial charge >= 0.3 is 0 Å². The van der Waals surface area contributed by atoms with Gasteiger partial charge in [-0.1, -0.05) is 27.2 Å². The van der Waals surface area contributed by atoms with Gasteiger partial charge in [0.2, 0.25) is 5.91 Å². The van der Waals surface area contributed by atoms with Crippen LogP contribution in [-0.2, 0) is 4.79 Å². The van der Waals surface area contributed by atoms with Crippen molar-refractivity contribution in [3.8, 4) is 0 Å². The highest BCUT2D eigenvalue weighted by molar-refractivity contribution is 5.85. The third kappa shape index (κ3) is 4.92. The summed E-state index contributed by atoms with van der Waals surface area (Å²) < 4.78 is 0. The van der Waals surface area contributed by atoms with E-state index in [1.807, 2.05) is 0 Å². The van der Waals surface area contributed by atoms with Crippen LogP contribution in [0.2, 0.25) is 0 Å². The lowest BCUT2D eigenvalue weighted by Gasteiger charge is -2.45. The Morgan fingerprint density at radius 1 is 1.20 bits per heavy atom. The number of carbonyl (C=O) groups excluding carboxylic acids is 1. The van der Waals surface area contributed by atoms with Crippen LogP contribution in [0.25, 0.3) is 0 Å². The minimum atomic E-state index is 0. The predicted molar refractivity (Wildman–Crippen MR) is 85.9 cm³/mol. The van der Waals surface area contributed by atoms with E-state index in [2.05, 4.69) is 26.1 Å². The molecule has 2 rings (SSSR count). The molecule has 0 aromatic carbocycles. The molecule has 2 atom stereocenters. The highest BCUT2D eigenvalue weighted by Crippen LogP contribution is 2.39. The molecule has 0 aromatic heterocycles. The molecule has 0 radical (unpaired) electrons. The second-order valence-electron chi connectivity index (χ2n) is 7.84. The number of halogens is 1. The van der Waals surface area contributed by atoms with Crippen molar-refractivity contribution in [2.45, 2.75) is 77.8 Å². The fourth-order valence-corrected chi connectivity index (χ4v) is 3.77. The molecule has 0 spiro atoms. The Balaban J connectivity index is 0.00000200. The molecule has 2 bridgehead atoms. The van der Waals surface area contributed by atoms with Gasteiger partial charge in [-0.05, 0) is 49.4 Å². The largest absolute Gasteiger partial charge is 0.353 e. The van der Waals surface area contributed by atoms with E-state index in [1.54, 1.807) is 0 Å². The summed E-state index contributed by atoms with van der Waals surface area (Å²) in [5.41, 5.74) is 6.36. The molecular formula is C16H31ClN2O. The lowest BCUT2D eigenvalue weighted by molar-refractivity contribution is -0.123. The first-order chi connectivity index (χ1) is 8.85. The van der Waals surface area contributed by atoms with Crippen molar-refractivity contribution < 1.29 is 4.79 Å². The number of hydrogen-bond donors (Lipinski definition) is 2. The standard InChI is InChI=1S/C16H30N2O.ClH/c1-16(2,3)8-7-14(19)18-15-11-5-4-6-12(15)10-13(17)9-11;/h11-13,15H,4-10,17H2,1-3H3,(H,18,19);1H. The van der Waals surface area contributed by atoms with Crippen LogP contribution < -0.4 is 11.1 Å². The molecule has 20 heavy (non-hydrogen) atoms. The molecule has 2 aliphatic carbocycles. The third-order valence-electron chi connectivity index (χ3n) is 4.81. The van der Waals surface area contributed by atoms with Gasteiger partial charge in [0.1, 0.15) is 0 Å². The Labute approximate surface area is 129 Å². The first-order valence-electron chi connectivity index (χ1n) is 7.90. The molecule has 3 nitrogen and oxygen atoms in total. The van der Waals surface area contributed by atoms with Gasteiger partial charge in [0.15, 0.2) is 0 Å². The molecule has 2 saturated carbocycles. The maximum Gasteiger partial charge on any atom is 0.220 e. The summed E-state index contributed by atoms with van der Waals surface area (Å²) >= 11 is 0. The van der Waals surface area contributed by atoms with Crippen molar-refractivity contribution in [2.24, 2.45) is 23.0 Å². The van der Waals surface area contributed by atoms with E-state index >= 15 is 0 Å². The molecule has 3 N–H and O–H groups in total. The van der Waals surface area contributed by atoms with Gasteiger partial charge in [0.25, 0.3) is 0 Å². The van der Waals surface area contributed by atoms with Crippen molar-refractivity contribution >= 4 is 18.3 Å². The van der Waals surface area contributed by atoms with Gasteiger partial charge in [-0.2, -0.15) is 0 Å². The number of rotatable bonds is 3. The van der Waals surface area contributed by atoms with Crippen molar-refractivity contribution in [3.05, 3.63) is 0 Å². The lowest BCUT2D eigenvalue weighted by atomic mass is 9.67. The minimum absolute atomic E-state index is 0. The van der Waals surface area contributed by atoms with Crippen LogP contribution in [0.3, 0.4) is 0 Å². The first kappa shape index (κ1) is 17.8. The molecule has 1 amide bonds. The maximum absolute atomic E-state index is 12.1. The second kappa shape index (κ2) is 7.13. The lowest BCUT2D eigenvalue weighted by Crippen LogP contribution is -2.53. The molecule has 0 aromatic rings. The zero-order chi connectivity index (χ0) is 14.0. The summed E-state index contributed by atoms with van der Waals surface area (Å²) in [6.07, 6.45) is 7.62. The van der Waals surface area contributed by atoms with Crippen LogP contribution in [0.5, 0.6) is 0 Å². The number of carbonyl (C=O) groups is 1. The first-order valence-corrected chi connectivity index (χ1v) is 7.90. The fraction of sp³-hybridized carbons (Fsp3) is 0.938. The zero-order valence-electron chi connectivity index (χ0n) is 13.2. The highest BCUT2D eigenvalue weighted by atomic mass is 35.5. The number of hydrogen-bond acceptors (Lipinski definition) is 2. The molecule has 4 heteroatoms.